The van der Waals surface area contributed by atoms with Crippen molar-refractivity contribution >= 4 is 11.6 Å². The zero-order valence-electron chi connectivity index (χ0n) is 4.02. The highest BCUT2D eigenvalue weighted by Crippen LogP contribution is 1.90. The van der Waals surface area contributed by atoms with E-state index in [-0.39, 0.29) is 0 Å². The van der Waals surface area contributed by atoms with E-state index in [1.807, 2.05) is 0 Å². The molecule has 0 aromatic carbocycles. The fraction of sp³-hybridized carbons (Fsp3) is 0.750. The quantitative estimate of drug-likeness (QED) is 0.503. The zero-order chi connectivity index (χ0) is 5.70. The molecule has 0 saturated carbocycles. The van der Waals surface area contributed by atoms with Crippen LogP contribution in [0.3, 0.4) is 0 Å². The van der Waals surface area contributed by atoms with Crippen molar-refractivity contribution < 1.29 is 4.74 Å². The first-order valence-corrected chi connectivity index (χ1v) is 2.27. The van der Waals surface area contributed by atoms with Gasteiger partial charge in [0.15, 0.2) is 0 Å². The van der Waals surface area contributed by atoms with Crippen molar-refractivity contribution in [3.63, 3.8) is 0 Å². The molecule has 0 saturated heterocycles. The number of nitriles is 1. The van der Waals surface area contributed by atoms with Crippen LogP contribution in [-0.4, -0.2) is 19.1 Å². The van der Waals surface area contributed by atoms with Crippen molar-refractivity contribution in [1.82, 2.24) is 0 Å². The van der Waals surface area contributed by atoms with Gasteiger partial charge in [-0.2, -0.15) is 5.26 Å². The van der Waals surface area contributed by atoms with Gasteiger partial charge in [0, 0.05) is 7.11 Å². The Morgan fingerprint density at radius 2 is 2.57 bits per heavy atom. The lowest BCUT2D eigenvalue weighted by molar-refractivity contribution is 0.207. The molecule has 0 fully saturated rings. The lowest BCUT2D eigenvalue weighted by atomic mass is 10.5. The second-order valence-electron chi connectivity index (χ2n) is 1.05. The molecule has 0 bridgehead atoms. The summed E-state index contributed by atoms with van der Waals surface area (Å²) in [6.45, 7) is 0.304. The van der Waals surface area contributed by atoms with Crippen molar-refractivity contribution in [2.75, 3.05) is 13.7 Å². The number of halogens is 1. The van der Waals surface area contributed by atoms with Crippen LogP contribution >= 0.6 is 11.6 Å². The van der Waals surface area contributed by atoms with Crippen LogP contribution in [0.1, 0.15) is 0 Å². The van der Waals surface area contributed by atoms with Gasteiger partial charge in [-0.25, -0.2) is 0 Å². The molecule has 0 aromatic heterocycles. The fourth-order valence-corrected chi connectivity index (χ4v) is 0.310. The minimum Gasteiger partial charge on any atom is -0.382 e. The van der Waals surface area contributed by atoms with Crippen LogP contribution in [0.25, 0.3) is 0 Å². The molecule has 0 spiro atoms. The van der Waals surface area contributed by atoms with Gasteiger partial charge in [0.2, 0.25) is 0 Å². The highest BCUT2D eigenvalue weighted by molar-refractivity contribution is 6.22. The SMILES string of the molecule is COC[C@H](Cl)C#N. The number of nitrogens with zero attached hydrogens (tertiary/aromatic N) is 1. The molecule has 0 rings (SSSR count). The third-order valence-corrected chi connectivity index (χ3v) is 0.677. The molecule has 0 aliphatic rings. The summed E-state index contributed by atoms with van der Waals surface area (Å²) >= 11 is 5.28. The molecule has 7 heavy (non-hydrogen) atoms. The predicted octanol–water partition coefficient (Wildman–Crippen LogP) is 0.764. The summed E-state index contributed by atoms with van der Waals surface area (Å²) in [7, 11) is 1.51. The van der Waals surface area contributed by atoms with E-state index in [1.54, 1.807) is 6.07 Å². The maximum absolute atomic E-state index is 8.00. The molecule has 1 atom stereocenters. The van der Waals surface area contributed by atoms with Crippen molar-refractivity contribution in [3.05, 3.63) is 0 Å². The summed E-state index contributed by atoms with van der Waals surface area (Å²) in [5.41, 5.74) is 0. The van der Waals surface area contributed by atoms with Gasteiger partial charge >= 0.3 is 0 Å². The molecular weight excluding hydrogens is 114 g/mol. The standard InChI is InChI=1S/C4H6ClNO/c1-7-3-4(5)2-6/h4H,3H2,1H3/t4-/m1/s1. The Bertz CT molecular complexity index is 78.2. The normalized spacial score (nSPS) is 12.7. The van der Waals surface area contributed by atoms with E-state index in [2.05, 4.69) is 4.74 Å². The molecule has 0 heterocycles. The molecular formula is C4H6ClNO. The maximum Gasteiger partial charge on any atom is 0.143 e. The van der Waals surface area contributed by atoms with Gasteiger partial charge in [0.25, 0.3) is 0 Å². The molecule has 0 N–H and O–H groups in total. The van der Waals surface area contributed by atoms with Gasteiger partial charge in [0.1, 0.15) is 5.38 Å². The van der Waals surface area contributed by atoms with Crippen LogP contribution in [0.2, 0.25) is 0 Å². The summed E-state index contributed by atoms with van der Waals surface area (Å²) in [6, 6.07) is 1.81. The number of hydrogen-bond donors (Lipinski definition) is 0. The maximum atomic E-state index is 8.00. The third-order valence-electron chi connectivity index (χ3n) is 0.453. The van der Waals surface area contributed by atoms with E-state index in [4.69, 9.17) is 16.9 Å². The lowest BCUT2D eigenvalue weighted by Gasteiger charge is -1.92. The lowest BCUT2D eigenvalue weighted by Crippen LogP contribution is -2.02. The Hall–Kier alpha value is -0.260. The number of hydrogen-bond acceptors (Lipinski definition) is 2. The molecule has 0 aliphatic heterocycles. The van der Waals surface area contributed by atoms with E-state index in [1.165, 1.54) is 7.11 Å². The van der Waals surface area contributed by atoms with Crippen LogP contribution in [0.15, 0.2) is 0 Å². The summed E-state index contributed by atoms with van der Waals surface area (Å²) in [5, 5.41) is 7.51. The molecule has 0 aliphatic carbocycles. The van der Waals surface area contributed by atoms with E-state index in [0.29, 0.717) is 6.61 Å². The monoisotopic (exact) mass is 119 g/mol. The Morgan fingerprint density at radius 3 is 2.71 bits per heavy atom. The minimum absolute atomic E-state index is 0.304. The molecule has 2 nitrogen and oxygen atoms in total. The largest absolute Gasteiger partial charge is 0.382 e. The summed E-state index contributed by atoms with van der Waals surface area (Å²) < 4.78 is 4.54. The van der Waals surface area contributed by atoms with E-state index < -0.39 is 5.38 Å². The zero-order valence-corrected chi connectivity index (χ0v) is 4.77. The smallest absolute Gasteiger partial charge is 0.143 e. The van der Waals surface area contributed by atoms with Crippen LogP contribution in [0, 0.1) is 11.3 Å². The van der Waals surface area contributed by atoms with Crippen molar-refractivity contribution in [2.45, 2.75) is 5.38 Å². The average molecular weight is 120 g/mol. The molecule has 40 valence electrons. The van der Waals surface area contributed by atoms with E-state index in [9.17, 15) is 0 Å². The fourth-order valence-electron chi connectivity index (χ4n) is 0.184. The topological polar surface area (TPSA) is 33.0 Å². The molecule has 0 amide bonds. The summed E-state index contributed by atoms with van der Waals surface area (Å²) in [4.78, 5) is 0. The van der Waals surface area contributed by atoms with Crippen LogP contribution in [0.4, 0.5) is 0 Å². The summed E-state index contributed by atoms with van der Waals surface area (Å²) in [5.74, 6) is 0. The predicted molar refractivity (Wildman–Crippen MR) is 27.1 cm³/mol. The second kappa shape index (κ2) is 3.91. The number of alkyl halides is 1. The van der Waals surface area contributed by atoms with Crippen LogP contribution in [0.5, 0.6) is 0 Å². The molecule has 0 unspecified atom stereocenters. The first kappa shape index (κ1) is 6.74. The van der Waals surface area contributed by atoms with E-state index in [0.717, 1.165) is 0 Å². The Morgan fingerprint density at radius 1 is 2.00 bits per heavy atom. The highest BCUT2D eigenvalue weighted by atomic mass is 35.5. The van der Waals surface area contributed by atoms with Gasteiger partial charge in [-0.05, 0) is 0 Å². The molecule has 3 heteroatoms. The van der Waals surface area contributed by atoms with Crippen molar-refractivity contribution in [1.29, 1.82) is 5.26 Å². The van der Waals surface area contributed by atoms with Gasteiger partial charge < -0.3 is 4.74 Å². The van der Waals surface area contributed by atoms with Crippen LogP contribution in [-0.2, 0) is 4.74 Å². The highest BCUT2D eigenvalue weighted by Gasteiger charge is 1.96. The molecule has 0 aromatic rings. The number of ether oxygens (including phenoxy) is 1. The second-order valence-corrected chi connectivity index (χ2v) is 1.58. The van der Waals surface area contributed by atoms with Crippen LogP contribution < -0.4 is 0 Å². The van der Waals surface area contributed by atoms with Gasteiger partial charge in [-0.15, -0.1) is 11.6 Å². The van der Waals surface area contributed by atoms with Gasteiger partial charge in [-0.3, -0.25) is 0 Å². The summed E-state index contributed by atoms with van der Waals surface area (Å²) in [6.07, 6.45) is 0. The number of rotatable bonds is 2. The Kier molecular flexibility index (Phi) is 3.77. The average Bonchev–Trinajstić information content (AvgIpc) is 1.68. The van der Waals surface area contributed by atoms with E-state index >= 15 is 0 Å². The minimum atomic E-state index is -0.495. The number of methoxy groups -OCH3 is 1. The first-order valence-electron chi connectivity index (χ1n) is 1.84. The Balaban J connectivity index is 3.04. The van der Waals surface area contributed by atoms with Crippen molar-refractivity contribution in [3.8, 4) is 6.07 Å². The first-order chi connectivity index (χ1) is 3.31. The van der Waals surface area contributed by atoms with Crippen molar-refractivity contribution in [2.24, 2.45) is 0 Å². The van der Waals surface area contributed by atoms with Gasteiger partial charge in [0.05, 0.1) is 12.7 Å². The molecule has 0 radical (unpaired) electrons. The third kappa shape index (κ3) is 3.57. The van der Waals surface area contributed by atoms with Gasteiger partial charge in [-0.1, -0.05) is 0 Å². The Labute approximate surface area is 47.6 Å².